The van der Waals surface area contributed by atoms with Gasteiger partial charge in [0.05, 0.1) is 12.0 Å². The lowest BCUT2D eigenvalue weighted by molar-refractivity contribution is -0.137. The summed E-state index contributed by atoms with van der Waals surface area (Å²) in [7, 11) is 0. The molecule has 0 aliphatic heterocycles. The Morgan fingerprint density at radius 1 is 1.35 bits per heavy atom. The molecule has 0 saturated carbocycles. The third-order valence-electron chi connectivity index (χ3n) is 1.86. The molecule has 1 aromatic carbocycles. The molecule has 0 heterocycles. The summed E-state index contributed by atoms with van der Waals surface area (Å²) in [4.78, 5) is 10.4. The number of alkyl halides is 3. The summed E-state index contributed by atoms with van der Waals surface area (Å²) in [5.41, 5.74) is 9.58. The van der Waals surface area contributed by atoms with Gasteiger partial charge in [0.15, 0.2) is 0 Å². The SMILES string of the molecule is NC(=O)CC#Cc1ccc(C(F)(F)F)cc1N. The number of hydrogen-bond acceptors (Lipinski definition) is 2. The first-order chi connectivity index (χ1) is 7.80. The van der Waals surface area contributed by atoms with Crippen LogP contribution in [0.4, 0.5) is 18.9 Å². The molecule has 0 fully saturated rings. The summed E-state index contributed by atoms with van der Waals surface area (Å²) in [6.07, 6.45) is -4.60. The molecule has 0 bridgehead atoms. The van der Waals surface area contributed by atoms with Gasteiger partial charge in [-0.3, -0.25) is 4.79 Å². The van der Waals surface area contributed by atoms with Crippen LogP contribution in [-0.4, -0.2) is 5.91 Å². The van der Waals surface area contributed by atoms with Crippen LogP contribution >= 0.6 is 0 Å². The fraction of sp³-hybridized carbons (Fsp3) is 0.182. The minimum absolute atomic E-state index is 0.0863. The van der Waals surface area contributed by atoms with Crippen LogP contribution in [0.1, 0.15) is 17.5 Å². The molecule has 0 aliphatic carbocycles. The lowest BCUT2D eigenvalue weighted by Gasteiger charge is -2.07. The van der Waals surface area contributed by atoms with E-state index in [1.807, 2.05) is 0 Å². The van der Waals surface area contributed by atoms with Crippen LogP contribution in [0, 0.1) is 11.8 Å². The van der Waals surface area contributed by atoms with Crippen LogP contribution in [0.5, 0.6) is 0 Å². The maximum Gasteiger partial charge on any atom is 0.416 e. The van der Waals surface area contributed by atoms with Gasteiger partial charge >= 0.3 is 6.18 Å². The summed E-state index contributed by atoms with van der Waals surface area (Å²) < 4.78 is 36.9. The first-order valence-corrected chi connectivity index (χ1v) is 4.54. The molecule has 0 aromatic heterocycles. The van der Waals surface area contributed by atoms with Gasteiger partial charge in [-0.1, -0.05) is 11.8 Å². The Kier molecular flexibility index (Phi) is 3.63. The summed E-state index contributed by atoms with van der Waals surface area (Å²) in [5, 5.41) is 0. The maximum atomic E-state index is 12.3. The van der Waals surface area contributed by atoms with E-state index in [4.69, 9.17) is 11.5 Å². The Morgan fingerprint density at radius 3 is 2.47 bits per heavy atom. The molecule has 0 unspecified atom stereocenters. The normalized spacial score (nSPS) is 10.5. The van der Waals surface area contributed by atoms with Crippen molar-refractivity contribution in [3.8, 4) is 11.8 Å². The van der Waals surface area contributed by atoms with E-state index in [9.17, 15) is 18.0 Å². The molecule has 90 valence electrons. The van der Waals surface area contributed by atoms with Crippen LogP contribution < -0.4 is 11.5 Å². The van der Waals surface area contributed by atoms with E-state index in [0.29, 0.717) is 0 Å². The molecular formula is C11H9F3N2O. The fourth-order valence-corrected chi connectivity index (χ4v) is 1.08. The van der Waals surface area contributed by atoms with Crippen LogP contribution in [0.3, 0.4) is 0 Å². The Labute approximate surface area is 95.6 Å². The lowest BCUT2D eigenvalue weighted by atomic mass is 10.1. The highest BCUT2D eigenvalue weighted by Crippen LogP contribution is 2.31. The Bertz CT molecular complexity index is 498. The lowest BCUT2D eigenvalue weighted by Crippen LogP contribution is -2.08. The molecule has 0 spiro atoms. The third-order valence-corrected chi connectivity index (χ3v) is 1.86. The topological polar surface area (TPSA) is 69.1 Å². The van der Waals surface area contributed by atoms with Gasteiger partial charge in [0.1, 0.15) is 0 Å². The first-order valence-electron chi connectivity index (χ1n) is 4.54. The zero-order chi connectivity index (χ0) is 13.1. The number of rotatable bonds is 1. The van der Waals surface area contributed by atoms with E-state index in [0.717, 1.165) is 18.2 Å². The van der Waals surface area contributed by atoms with Gasteiger partial charge in [-0.25, -0.2) is 0 Å². The van der Waals surface area contributed by atoms with Crippen LogP contribution in [0.15, 0.2) is 18.2 Å². The van der Waals surface area contributed by atoms with Crippen molar-refractivity contribution in [1.82, 2.24) is 0 Å². The summed E-state index contributed by atoms with van der Waals surface area (Å²) in [6, 6.07) is 2.84. The molecule has 3 nitrogen and oxygen atoms in total. The highest BCUT2D eigenvalue weighted by molar-refractivity contribution is 5.76. The smallest absolute Gasteiger partial charge is 0.398 e. The molecule has 1 aromatic rings. The van der Waals surface area contributed by atoms with Crippen LogP contribution in [0.2, 0.25) is 0 Å². The fourth-order valence-electron chi connectivity index (χ4n) is 1.08. The standard InChI is InChI=1S/C11H9F3N2O/c12-11(13,14)8-5-4-7(9(15)6-8)2-1-3-10(16)17/h4-6H,3,15H2,(H2,16,17). The van der Waals surface area contributed by atoms with Crippen molar-refractivity contribution in [2.45, 2.75) is 12.6 Å². The van der Waals surface area contributed by atoms with Crippen molar-refractivity contribution in [2.24, 2.45) is 5.73 Å². The average Bonchev–Trinajstić information content (AvgIpc) is 2.18. The predicted octanol–water partition coefficient (Wildman–Crippen LogP) is 1.51. The number of carbonyl (C=O) groups is 1. The molecular weight excluding hydrogens is 233 g/mol. The van der Waals surface area contributed by atoms with Crippen molar-refractivity contribution < 1.29 is 18.0 Å². The van der Waals surface area contributed by atoms with Crippen molar-refractivity contribution >= 4 is 11.6 Å². The molecule has 4 N–H and O–H groups in total. The number of halogens is 3. The van der Waals surface area contributed by atoms with E-state index in [1.165, 1.54) is 0 Å². The molecule has 1 amide bonds. The average molecular weight is 242 g/mol. The number of amides is 1. The Balaban J connectivity index is 2.97. The summed E-state index contributed by atoms with van der Waals surface area (Å²) >= 11 is 0. The molecule has 0 aliphatic rings. The van der Waals surface area contributed by atoms with Crippen molar-refractivity contribution in [1.29, 1.82) is 0 Å². The van der Waals surface area contributed by atoms with Crippen molar-refractivity contribution in [3.63, 3.8) is 0 Å². The van der Waals surface area contributed by atoms with Gasteiger partial charge in [0.2, 0.25) is 5.91 Å². The van der Waals surface area contributed by atoms with E-state index >= 15 is 0 Å². The highest BCUT2D eigenvalue weighted by Gasteiger charge is 2.30. The summed E-state index contributed by atoms with van der Waals surface area (Å²) in [6.45, 7) is 0. The minimum Gasteiger partial charge on any atom is -0.398 e. The third kappa shape index (κ3) is 3.72. The van der Waals surface area contributed by atoms with Crippen molar-refractivity contribution in [3.05, 3.63) is 29.3 Å². The zero-order valence-corrected chi connectivity index (χ0v) is 8.64. The molecule has 1 rings (SSSR count). The largest absolute Gasteiger partial charge is 0.416 e. The molecule has 17 heavy (non-hydrogen) atoms. The number of hydrogen-bond donors (Lipinski definition) is 2. The second kappa shape index (κ2) is 4.78. The predicted molar refractivity (Wildman–Crippen MR) is 56.5 cm³/mol. The number of anilines is 1. The van der Waals surface area contributed by atoms with E-state index in [1.54, 1.807) is 0 Å². The first kappa shape index (κ1) is 12.9. The van der Waals surface area contributed by atoms with Crippen molar-refractivity contribution in [2.75, 3.05) is 5.73 Å². The van der Waals surface area contributed by atoms with E-state index in [-0.39, 0.29) is 17.7 Å². The summed E-state index contributed by atoms with van der Waals surface area (Å²) in [5.74, 6) is 4.29. The van der Waals surface area contributed by atoms with Crippen LogP contribution in [0.25, 0.3) is 0 Å². The van der Waals surface area contributed by atoms with Gasteiger partial charge in [-0.05, 0) is 18.2 Å². The number of nitrogen functional groups attached to an aromatic ring is 1. The number of carbonyl (C=O) groups excluding carboxylic acids is 1. The Morgan fingerprint density at radius 2 is 2.00 bits per heavy atom. The van der Waals surface area contributed by atoms with Gasteiger partial charge in [-0.15, -0.1) is 0 Å². The molecule has 0 saturated heterocycles. The van der Waals surface area contributed by atoms with E-state index in [2.05, 4.69) is 11.8 Å². The van der Waals surface area contributed by atoms with Gasteiger partial charge in [-0.2, -0.15) is 13.2 Å². The van der Waals surface area contributed by atoms with Gasteiger partial charge in [0, 0.05) is 11.3 Å². The number of benzene rings is 1. The zero-order valence-electron chi connectivity index (χ0n) is 8.64. The second-order valence-corrected chi connectivity index (χ2v) is 3.24. The van der Waals surface area contributed by atoms with Crippen LogP contribution in [-0.2, 0) is 11.0 Å². The van der Waals surface area contributed by atoms with Gasteiger partial charge < -0.3 is 11.5 Å². The van der Waals surface area contributed by atoms with Gasteiger partial charge in [0.25, 0.3) is 0 Å². The Hall–Kier alpha value is -2.16. The second-order valence-electron chi connectivity index (χ2n) is 3.24. The minimum atomic E-state index is -4.44. The van der Waals surface area contributed by atoms with E-state index < -0.39 is 17.6 Å². The highest BCUT2D eigenvalue weighted by atomic mass is 19.4. The number of primary amides is 1. The molecule has 0 atom stereocenters. The molecule has 6 heteroatoms. The quantitative estimate of drug-likeness (QED) is 0.579. The monoisotopic (exact) mass is 242 g/mol. The molecule has 0 radical (unpaired) electrons. The number of nitrogens with two attached hydrogens (primary N) is 2. The maximum absolute atomic E-state index is 12.3.